The van der Waals surface area contributed by atoms with E-state index in [2.05, 4.69) is 39.5 Å². The molecule has 16 heavy (non-hydrogen) atoms. The van der Waals surface area contributed by atoms with Gasteiger partial charge in [-0.1, -0.05) is 0 Å². The fraction of sp³-hybridized carbons (Fsp3) is 0.417. The van der Waals surface area contributed by atoms with Crippen LogP contribution in [0.25, 0.3) is 11.0 Å². The first kappa shape index (κ1) is 9.81. The van der Waals surface area contributed by atoms with Crippen molar-refractivity contribution in [3.8, 4) is 0 Å². The molecule has 0 aromatic carbocycles. The van der Waals surface area contributed by atoms with Crippen molar-refractivity contribution in [2.24, 2.45) is 0 Å². The number of hydrogen-bond donors (Lipinski definition) is 2. The van der Waals surface area contributed by atoms with E-state index >= 15 is 0 Å². The number of nitrogens with zero attached hydrogens (tertiary/aromatic N) is 2. The molecule has 84 valence electrons. The highest BCUT2D eigenvalue weighted by Gasteiger charge is 2.22. The minimum Gasteiger partial charge on any atom is -0.346 e. The Kier molecular flexibility index (Phi) is 2.38. The van der Waals surface area contributed by atoms with Gasteiger partial charge in [0, 0.05) is 43.5 Å². The zero-order chi connectivity index (χ0) is 11.0. The van der Waals surface area contributed by atoms with Crippen LogP contribution in [0.3, 0.4) is 0 Å². The number of nitrogens with one attached hydrogen (secondary N) is 2. The number of aromatic nitrogens is 2. The second-order valence-electron chi connectivity index (χ2n) is 4.34. The lowest BCUT2D eigenvalue weighted by molar-refractivity contribution is 0.203. The summed E-state index contributed by atoms with van der Waals surface area (Å²) in [5, 5.41) is 4.68. The van der Waals surface area contributed by atoms with E-state index < -0.39 is 0 Å². The first-order valence-corrected chi connectivity index (χ1v) is 5.69. The van der Waals surface area contributed by atoms with Gasteiger partial charge in [0.05, 0.1) is 0 Å². The van der Waals surface area contributed by atoms with E-state index in [0.29, 0.717) is 6.04 Å². The standard InChI is InChI=1S/C12H16N4/c1-16-6-5-13-8-11(16)10-7-15-12-9(10)3-2-4-14-12/h2-4,7,11,13H,5-6,8H2,1H3,(H,14,15). The van der Waals surface area contributed by atoms with Gasteiger partial charge in [0.2, 0.25) is 0 Å². The molecule has 3 heterocycles. The third-order valence-corrected chi connectivity index (χ3v) is 3.35. The highest BCUT2D eigenvalue weighted by atomic mass is 15.2. The van der Waals surface area contributed by atoms with Gasteiger partial charge in [-0.3, -0.25) is 4.90 Å². The average Bonchev–Trinajstić information content (AvgIpc) is 2.74. The monoisotopic (exact) mass is 216 g/mol. The largest absolute Gasteiger partial charge is 0.346 e. The summed E-state index contributed by atoms with van der Waals surface area (Å²) in [6.07, 6.45) is 3.91. The van der Waals surface area contributed by atoms with Crippen molar-refractivity contribution in [3.05, 3.63) is 30.1 Å². The molecule has 2 aromatic heterocycles. The van der Waals surface area contributed by atoms with Crippen LogP contribution in [0.2, 0.25) is 0 Å². The molecule has 0 radical (unpaired) electrons. The molecule has 1 aliphatic rings. The molecule has 4 nitrogen and oxygen atoms in total. The maximum atomic E-state index is 4.33. The zero-order valence-electron chi connectivity index (χ0n) is 9.40. The molecule has 0 spiro atoms. The van der Waals surface area contributed by atoms with Gasteiger partial charge in [0.15, 0.2) is 0 Å². The van der Waals surface area contributed by atoms with E-state index in [1.807, 2.05) is 12.3 Å². The van der Waals surface area contributed by atoms with Crippen molar-refractivity contribution in [1.82, 2.24) is 20.2 Å². The van der Waals surface area contributed by atoms with Crippen molar-refractivity contribution in [1.29, 1.82) is 0 Å². The summed E-state index contributed by atoms with van der Waals surface area (Å²) in [5.74, 6) is 0. The first-order valence-electron chi connectivity index (χ1n) is 5.69. The number of likely N-dealkylation sites (N-methyl/N-ethyl adjacent to an activating group) is 1. The summed E-state index contributed by atoms with van der Waals surface area (Å²) >= 11 is 0. The maximum Gasteiger partial charge on any atom is 0.137 e. The van der Waals surface area contributed by atoms with E-state index in [-0.39, 0.29) is 0 Å². The van der Waals surface area contributed by atoms with Gasteiger partial charge in [0.1, 0.15) is 5.65 Å². The molecule has 0 aliphatic carbocycles. The quantitative estimate of drug-likeness (QED) is 0.751. The molecule has 0 saturated carbocycles. The Balaban J connectivity index is 2.04. The number of piperazine rings is 1. The van der Waals surface area contributed by atoms with Gasteiger partial charge in [-0.25, -0.2) is 4.98 Å². The molecule has 1 fully saturated rings. The van der Waals surface area contributed by atoms with Gasteiger partial charge in [-0.15, -0.1) is 0 Å². The van der Waals surface area contributed by atoms with Crippen LogP contribution in [-0.2, 0) is 0 Å². The van der Waals surface area contributed by atoms with Crippen molar-refractivity contribution < 1.29 is 0 Å². The van der Waals surface area contributed by atoms with E-state index in [1.165, 1.54) is 10.9 Å². The summed E-state index contributed by atoms with van der Waals surface area (Å²) in [7, 11) is 2.18. The SMILES string of the molecule is CN1CCNCC1c1c[nH]c2ncccc12. The molecule has 1 saturated heterocycles. The molecule has 0 amide bonds. The Morgan fingerprint density at radius 1 is 1.50 bits per heavy atom. The Morgan fingerprint density at radius 2 is 2.44 bits per heavy atom. The zero-order valence-corrected chi connectivity index (χ0v) is 9.40. The fourth-order valence-electron chi connectivity index (χ4n) is 2.41. The maximum absolute atomic E-state index is 4.33. The molecule has 1 unspecified atom stereocenters. The van der Waals surface area contributed by atoms with E-state index in [0.717, 1.165) is 25.3 Å². The third-order valence-electron chi connectivity index (χ3n) is 3.35. The molecule has 4 heteroatoms. The Morgan fingerprint density at radius 3 is 3.31 bits per heavy atom. The second kappa shape index (κ2) is 3.88. The lowest BCUT2D eigenvalue weighted by Gasteiger charge is -2.32. The fourth-order valence-corrected chi connectivity index (χ4v) is 2.41. The molecular formula is C12H16N4. The number of rotatable bonds is 1. The van der Waals surface area contributed by atoms with Gasteiger partial charge in [0.25, 0.3) is 0 Å². The highest BCUT2D eigenvalue weighted by Crippen LogP contribution is 2.27. The first-order chi connectivity index (χ1) is 7.86. The lowest BCUT2D eigenvalue weighted by Crippen LogP contribution is -2.43. The minimum atomic E-state index is 0.451. The van der Waals surface area contributed by atoms with Crippen LogP contribution in [0.15, 0.2) is 24.5 Å². The van der Waals surface area contributed by atoms with E-state index in [9.17, 15) is 0 Å². The van der Waals surface area contributed by atoms with Crippen LogP contribution in [0.4, 0.5) is 0 Å². The van der Waals surface area contributed by atoms with Crippen LogP contribution in [0, 0.1) is 0 Å². The van der Waals surface area contributed by atoms with Crippen molar-refractivity contribution in [2.75, 3.05) is 26.7 Å². The van der Waals surface area contributed by atoms with E-state index in [1.54, 1.807) is 0 Å². The number of aromatic amines is 1. The van der Waals surface area contributed by atoms with Crippen LogP contribution >= 0.6 is 0 Å². The summed E-state index contributed by atoms with van der Waals surface area (Å²) in [4.78, 5) is 9.96. The molecular weight excluding hydrogens is 200 g/mol. The molecule has 0 bridgehead atoms. The van der Waals surface area contributed by atoms with Crippen molar-refractivity contribution in [2.45, 2.75) is 6.04 Å². The predicted octanol–water partition coefficient (Wildman–Crippen LogP) is 1.14. The minimum absolute atomic E-state index is 0.451. The van der Waals surface area contributed by atoms with Crippen molar-refractivity contribution >= 4 is 11.0 Å². The van der Waals surface area contributed by atoms with Crippen LogP contribution < -0.4 is 5.32 Å². The molecule has 2 aromatic rings. The smallest absolute Gasteiger partial charge is 0.137 e. The molecule has 1 aliphatic heterocycles. The Hall–Kier alpha value is -1.39. The number of pyridine rings is 1. The Bertz CT molecular complexity index is 490. The topological polar surface area (TPSA) is 44.0 Å². The van der Waals surface area contributed by atoms with Gasteiger partial charge in [-0.2, -0.15) is 0 Å². The number of H-pyrrole nitrogens is 1. The molecule has 1 atom stereocenters. The summed E-state index contributed by atoms with van der Waals surface area (Å²) in [6.45, 7) is 3.18. The van der Waals surface area contributed by atoms with Crippen LogP contribution in [-0.4, -0.2) is 41.5 Å². The van der Waals surface area contributed by atoms with Gasteiger partial charge < -0.3 is 10.3 Å². The molecule has 2 N–H and O–H groups in total. The van der Waals surface area contributed by atoms with Crippen LogP contribution in [0.1, 0.15) is 11.6 Å². The lowest BCUT2D eigenvalue weighted by atomic mass is 10.0. The highest BCUT2D eigenvalue weighted by molar-refractivity contribution is 5.80. The summed E-state index contributed by atoms with van der Waals surface area (Å²) in [5.41, 5.74) is 2.33. The van der Waals surface area contributed by atoms with Crippen molar-refractivity contribution in [3.63, 3.8) is 0 Å². The second-order valence-corrected chi connectivity index (χ2v) is 4.34. The molecule has 3 rings (SSSR count). The normalized spacial score (nSPS) is 22.7. The van der Waals surface area contributed by atoms with Gasteiger partial charge >= 0.3 is 0 Å². The predicted molar refractivity (Wildman–Crippen MR) is 64.3 cm³/mol. The number of fused-ring (bicyclic) bond motifs is 1. The van der Waals surface area contributed by atoms with E-state index in [4.69, 9.17) is 0 Å². The Labute approximate surface area is 94.7 Å². The van der Waals surface area contributed by atoms with Crippen LogP contribution in [0.5, 0.6) is 0 Å². The number of hydrogen-bond acceptors (Lipinski definition) is 3. The summed E-state index contributed by atoms with van der Waals surface area (Å²) < 4.78 is 0. The summed E-state index contributed by atoms with van der Waals surface area (Å²) in [6, 6.07) is 4.58. The average molecular weight is 216 g/mol. The van der Waals surface area contributed by atoms with Gasteiger partial charge in [-0.05, 0) is 24.7 Å². The third kappa shape index (κ3) is 1.50.